The minimum Gasteiger partial charge on any atom is -0.358 e. The lowest BCUT2D eigenvalue weighted by atomic mass is 10.1. The molecule has 1 aromatic heterocycles. The van der Waals surface area contributed by atoms with Gasteiger partial charge < -0.3 is 15.4 Å². The Kier molecular flexibility index (Phi) is 6.29. The van der Waals surface area contributed by atoms with Gasteiger partial charge in [0.05, 0.1) is 17.8 Å². The van der Waals surface area contributed by atoms with Crippen molar-refractivity contribution in [3.63, 3.8) is 0 Å². The molecule has 1 aromatic rings. The van der Waals surface area contributed by atoms with Crippen molar-refractivity contribution in [2.45, 2.75) is 37.2 Å². The summed E-state index contributed by atoms with van der Waals surface area (Å²) in [4.78, 5) is 9.96. The van der Waals surface area contributed by atoms with E-state index in [0.717, 1.165) is 12.8 Å². The first-order valence-electron chi connectivity index (χ1n) is 6.79. The van der Waals surface area contributed by atoms with Crippen LogP contribution in [-0.2, 0) is 16.6 Å². The van der Waals surface area contributed by atoms with E-state index >= 15 is 0 Å². The summed E-state index contributed by atoms with van der Waals surface area (Å²) in [5, 5.41) is 17.8. The van der Waals surface area contributed by atoms with E-state index < -0.39 is 20.8 Å². The number of aryl methyl sites for hydroxylation is 1. The molecule has 22 heavy (non-hydrogen) atoms. The fourth-order valence-corrected chi connectivity index (χ4v) is 4.02. The third-order valence-corrected chi connectivity index (χ3v) is 5.47. The number of piperidine rings is 1. The van der Waals surface area contributed by atoms with Gasteiger partial charge in [0.25, 0.3) is 10.0 Å². The number of sulfonamides is 1. The van der Waals surface area contributed by atoms with Crippen LogP contribution < -0.4 is 5.32 Å². The fraction of sp³-hybridized carbons (Fsp3) is 0.727. The molecule has 1 aliphatic rings. The van der Waals surface area contributed by atoms with Crippen LogP contribution in [0.25, 0.3) is 0 Å². The van der Waals surface area contributed by atoms with Crippen molar-refractivity contribution >= 4 is 28.2 Å². The van der Waals surface area contributed by atoms with E-state index in [9.17, 15) is 18.5 Å². The van der Waals surface area contributed by atoms with Crippen molar-refractivity contribution in [3.8, 4) is 0 Å². The van der Waals surface area contributed by atoms with Crippen LogP contribution >= 0.6 is 12.4 Å². The molecule has 0 aromatic carbocycles. The summed E-state index contributed by atoms with van der Waals surface area (Å²) in [5.74, 6) is -0.608. The Balaban J connectivity index is 0.00000242. The number of nitro groups is 1. The second kappa shape index (κ2) is 7.36. The van der Waals surface area contributed by atoms with Gasteiger partial charge in [-0.3, -0.25) is 0 Å². The van der Waals surface area contributed by atoms with Gasteiger partial charge in [0.1, 0.15) is 0 Å². The number of rotatable bonds is 5. The van der Waals surface area contributed by atoms with Crippen LogP contribution in [0.3, 0.4) is 0 Å². The van der Waals surface area contributed by atoms with Crippen LogP contribution in [0.4, 0.5) is 5.82 Å². The lowest BCUT2D eigenvalue weighted by Crippen LogP contribution is -2.46. The minimum atomic E-state index is -3.90. The summed E-state index contributed by atoms with van der Waals surface area (Å²) >= 11 is 0. The molecule has 1 unspecified atom stereocenters. The maximum absolute atomic E-state index is 12.6. The number of aromatic nitrogens is 2. The maximum Gasteiger partial charge on any atom is 0.410 e. The molecule has 126 valence electrons. The van der Waals surface area contributed by atoms with Gasteiger partial charge in [-0.25, -0.2) is 8.42 Å². The Labute approximate surface area is 135 Å². The highest BCUT2D eigenvalue weighted by molar-refractivity contribution is 7.89. The molecular weight excluding hydrogens is 334 g/mol. The van der Waals surface area contributed by atoms with E-state index in [1.165, 1.54) is 15.2 Å². The summed E-state index contributed by atoms with van der Waals surface area (Å²) in [6, 6.07) is 0.0637. The van der Waals surface area contributed by atoms with Gasteiger partial charge >= 0.3 is 5.82 Å². The van der Waals surface area contributed by atoms with Crippen molar-refractivity contribution in [2.75, 3.05) is 20.1 Å². The zero-order chi connectivity index (χ0) is 15.6. The van der Waals surface area contributed by atoms with Crippen molar-refractivity contribution < 1.29 is 13.3 Å². The average Bonchev–Trinajstić information content (AvgIpc) is 2.92. The molecule has 0 amide bonds. The standard InChI is InChI=1S/C11H19N5O4S.ClH/c1-3-14-8-10(11(13-14)16(17)18)21(19,20)15-6-4-5-9(7-15)12-2;/h8-9,12H,3-7H2,1-2H3;1H. The number of hydrogen-bond acceptors (Lipinski definition) is 6. The van der Waals surface area contributed by atoms with Crippen LogP contribution in [-0.4, -0.2) is 53.6 Å². The van der Waals surface area contributed by atoms with Crippen molar-refractivity contribution in [1.29, 1.82) is 0 Å². The number of nitrogens with one attached hydrogen (secondary N) is 1. The highest BCUT2D eigenvalue weighted by atomic mass is 35.5. The monoisotopic (exact) mass is 353 g/mol. The first-order valence-corrected chi connectivity index (χ1v) is 8.23. The molecule has 2 heterocycles. The first-order chi connectivity index (χ1) is 9.90. The zero-order valence-corrected chi connectivity index (χ0v) is 14.1. The van der Waals surface area contributed by atoms with E-state index in [1.54, 1.807) is 14.0 Å². The van der Waals surface area contributed by atoms with Crippen molar-refractivity contribution in [3.05, 3.63) is 16.3 Å². The van der Waals surface area contributed by atoms with E-state index in [2.05, 4.69) is 10.4 Å². The average molecular weight is 354 g/mol. The molecular formula is C11H20ClN5O4S. The highest BCUT2D eigenvalue weighted by Gasteiger charge is 2.37. The van der Waals surface area contributed by atoms with E-state index in [4.69, 9.17) is 0 Å². The van der Waals surface area contributed by atoms with Gasteiger partial charge in [-0.1, -0.05) is 0 Å². The van der Waals surface area contributed by atoms with Gasteiger partial charge in [0.15, 0.2) is 0 Å². The predicted octanol–water partition coefficient (Wildman–Crippen LogP) is 0.605. The first kappa shape index (κ1) is 18.8. The van der Waals surface area contributed by atoms with Crippen molar-refractivity contribution in [1.82, 2.24) is 19.4 Å². The smallest absolute Gasteiger partial charge is 0.358 e. The van der Waals surface area contributed by atoms with Crippen LogP contribution in [0.5, 0.6) is 0 Å². The van der Waals surface area contributed by atoms with Gasteiger partial charge in [-0.05, 0) is 31.7 Å². The molecule has 0 saturated carbocycles. The fourth-order valence-electron chi connectivity index (χ4n) is 2.40. The summed E-state index contributed by atoms with van der Waals surface area (Å²) in [6.07, 6.45) is 2.84. The van der Waals surface area contributed by atoms with Crippen LogP contribution in [0.2, 0.25) is 0 Å². The quantitative estimate of drug-likeness (QED) is 0.613. The summed E-state index contributed by atoms with van der Waals surface area (Å²) in [7, 11) is -2.13. The maximum atomic E-state index is 12.6. The second-order valence-corrected chi connectivity index (χ2v) is 6.83. The molecule has 0 radical (unpaired) electrons. The minimum absolute atomic E-state index is 0. The Hall–Kier alpha value is -1.23. The largest absolute Gasteiger partial charge is 0.410 e. The van der Waals surface area contributed by atoms with Crippen LogP contribution in [0, 0.1) is 10.1 Å². The summed E-state index contributed by atoms with van der Waals surface area (Å²) in [6.45, 7) is 2.79. The van der Waals surface area contributed by atoms with E-state index in [-0.39, 0.29) is 23.3 Å². The van der Waals surface area contributed by atoms with Gasteiger partial charge in [0.2, 0.25) is 4.90 Å². The lowest BCUT2D eigenvalue weighted by molar-refractivity contribution is -0.392. The second-order valence-electron chi connectivity index (χ2n) is 4.92. The molecule has 1 saturated heterocycles. The molecule has 2 rings (SSSR count). The number of nitrogens with zero attached hydrogens (tertiary/aromatic N) is 4. The Bertz CT molecular complexity index is 632. The Morgan fingerprint density at radius 3 is 2.77 bits per heavy atom. The molecule has 0 spiro atoms. The topological polar surface area (TPSA) is 110 Å². The molecule has 11 heteroatoms. The molecule has 1 fully saturated rings. The van der Waals surface area contributed by atoms with Gasteiger partial charge in [-0.2, -0.15) is 8.99 Å². The van der Waals surface area contributed by atoms with E-state index in [1.807, 2.05) is 0 Å². The normalized spacial score (nSPS) is 19.6. The highest BCUT2D eigenvalue weighted by Crippen LogP contribution is 2.27. The van der Waals surface area contributed by atoms with Crippen LogP contribution in [0.15, 0.2) is 11.1 Å². The SMILES string of the molecule is CCn1cc(S(=O)(=O)N2CCCC(NC)C2)c([N+](=O)[O-])n1.Cl. The van der Waals surface area contributed by atoms with Crippen molar-refractivity contribution in [2.24, 2.45) is 0 Å². The molecule has 1 aliphatic heterocycles. The number of likely N-dealkylation sites (N-methyl/N-ethyl adjacent to an activating group) is 1. The Morgan fingerprint density at radius 1 is 1.55 bits per heavy atom. The molecule has 9 nitrogen and oxygen atoms in total. The third-order valence-electron chi connectivity index (χ3n) is 3.62. The van der Waals surface area contributed by atoms with Crippen LogP contribution in [0.1, 0.15) is 19.8 Å². The van der Waals surface area contributed by atoms with Gasteiger partial charge in [-0.15, -0.1) is 12.4 Å². The summed E-state index contributed by atoms with van der Waals surface area (Å²) in [5.41, 5.74) is 0. The predicted molar refractivity (Wildman–Crippen MR) is 82.6 cm³/mol. The molecule has 1 atom stereocenters. The number of hydrogen-bond donors (Lipinski definition) is 1. The number of halogens is 1. The summed E-state index contributed by atoms with van der Waals surface area (Å²) < 4.78 is 27.8. The molecule has 0 aliphatic carbocycles. The zero-order valence-electron chi connectivity index (χ0n) is 12.4. The lowest BCUT2D eigenvalue weighted by Gasteiger charge is -2.31. The molecule has 1 N–H and O–H groups in total. The Morgan fingerprint density at radius 2 is 2.23 bits per heavy atom. The van der Waals surface area contributed by atoms with Gasteiger partial charge in [0, 0.05) is 19.1 Å². The van der Waals surface area contributed by atoms with E-state index in [0.29, 0.717) is 19.6 Å². The third kappa shape index (κ3) is 3.57. The molecule has 0 bridgehead atoms.